The van der Waals surface area contributed by atoms with Gasteiger partial charge in [-0.05, 0) is 43.5 Å². The number of rotatable bonds is 3. The zero-order valence-electron chi connectivity index (χ0n) is 17.6. The number of nitrogens with one attached hydrogen (secondary N) is 1. The average Bonchev–Trinajstić information content (AvgIpc) is 3.10. The largest absolute Gasteiger partial charge is 0.419 e. The summed E-state index contributed by atoms with van der Waals surface area (Å²) in [4.78, 5) is 24.8. The predicted octanol–water partition coefficient (Wildman–Crippen LogP) is 3.77. The zero-order valence-corrected chi connectivity index (χ0v) is 17.6. The van der Waals surface area contributed by atoms with Crippen LogP contribution >= 0.6 is 0 Å². The third kappa shape index (κ3) is 5.54. The van der Waals surface area contributed by atoms with Gasteiger partial charge in [-0.25, -0.2) is 15.0 Å². The summed E-state index contributed by atoms with van der Waals surface area (Å²) in [5, 5.41) is 2.77. The van der Waals surface area contributed by atoms with Crippen molar-refractivity contribution < 1.29 is 18.0 Å². The number of carbonyl (C=O) groups is 1. The van der Waals surface area contributed by atoms with E-state index in [1.807, 2.05) is 25.2 Å². The van der Waals surface area contributed by atoms with Crippen LogP contribution in [0.2, 0.25) is 0 Å². The van der Waals surface area contributed by atoms with Crippen molar-refractivity contribution in [3.63, 3.8) is 0 Å². The number of benzene rings is 1. The van der Waals surface area contributed by atoms with Crippen molar-refractivity contribution in [2.75, 3.05) is 29.0 Å². The fraction of sp³-hybridized carbons (Fsp3) is 0.333. The van der Waals surface area contributed by atoms with Crippen LogP contribution in [0.5, 0.6) is 0 Å². The highest BCUT2D eigenvalue weighted by molar-refractivity contribution is 6.00. The van der Waals surface area contributed by atoms with Crippen LogP contribution in [0.4, 0.5) is 30.8 Å². The molecule has 4 rings (SSSR count). The topological polar surface area (TPSA) is 102 Å². The molecule has 2 aromatic heterocycles. The average molecular weight is 447 g/mol. The van der Waals surface area contributed by atoms with Gasteiger partial charge in [-0.3, -0.25) is 4.79 Å². The molecular weight excluding hydrogens is 423 g/mol. The molecule has 3 aromatic rings. The summed E-state index contributed by atoms with van der Waals surface area (Å²) in [6.07, 6.45) is 1.91. The molecule has 0 atom stereocenters. The third-order valence-corrected chi connectivity index (χ3v) is 4.95. The number of aromatic nitrogens is 4. The van der Waals surface area contributed by atoms with Crippen molar-refractivity contribution in [3.8, 4) is 0 Å². The Bertz CT molecular complexity index is 1090. The number of aryl methyl sites for hydroxylation is 1. The molecule has 0 bridgehead atoms. The van der Waals surface area contributed by atoms with Gasteiger partial charge in [0.1, 0.15) is 0 Å². The molecule has 0 radical (unpaired) electrons. The summed E-state index contributed by atoms with van der Waals surface area (Å²) >= 11 is 0. The molecule has 1 aliphatic rings. The lowest BCUT2D eigenvalue weighted by Gasteiger charge is -2.27. The second-order valence-electron chi connectivity index (χ2n) is 7.24. The minimum absolute atomic E-state index is 0.169. The van der Waals surface area contributed by atoms with Gasteiger partial charge in [0.15, 0.2) is 0 Å². The molecule has 8 nitrogen and oxygen atoms in total. The smallest absolute Gasteiger partial charge is 0.368 e. The van der Waals surface area contributed by atoms with Crippen LogP contribution in [0.25, 0.3) is 11.0 Å². The van der Waals surface area contributed by atoms with Gasteiger partial charge in [-0.15, -0.1) is 0 Å². The van der Waals surface area contributed by atoms with Gasteiger partial charge in [-0.2, -0.15) is 13.2 Å². The number of piperidine rings is 1. The maximum atomic E-state index is 11.8. The molecule has 3 heterocycles. The normalized spacial score (nSPS) is 13.9. The van der Waals surface area contributed by atoms with E-state index in [0.29, 0.717) is 12.4 Å². The Labute approximate surface area is 183 Å². The van der Waals surface area contributed by atoms with Gasteiger partial charge in [0, 0.05) is 38.2 Å². The number of amides is 1. The Morgan fingerprint density at radius 2 is 1.84 bits per heavy atom. The molecule has 1 amide bonds. The van der Waals surface area contributed by atoms with Gasteiger partial charge >= 0.3 is 6.18 Å². The Kier molecular flexibility index (Phi) is 6.96. The number of hydrogen-bond donors (Lipinski definition) is 2. The number of nitrogens with two attached hydrogens (primary N) is 1. The number of halogens is 3. The van der Waals surface area contributed by atoms with E-state index in [0.717, 1.165) is 35.8 Å². The number of imidazole rings is 1. The number of hydrogen-bond acceptors (Lipinski definition) is 6. The van der Waals surface area contributed by atoms with Crippen molar-refractivity contribution in [1.29, 1.82) is 0 Å². The fourth-order valence-electron chi connectivity index (χ4n) is 3.32. The van der Waals surface area contributed by atoms with Gasteiger partial charge in [0.25, 0.3) is 0 Å². The maximum Gasteiger partial charge on any atom is 0.419 e. The molecule has 0 spiro atoms. The predicted molar refractivity (Wildman–Crippen MR) is 117 cm³/mol. The Balaban J connectivity index is 0.000000222. The molecule has 0 aliphatic carbocycles. The molecule has 1 aromatic carbocycles. The third-order valence-electron chi connectivity index (χ3n) is 4.95. The minimum atomic E-state index is -4.40. The Hall–Kier alpha value is -3.63. The van der Waals surface area contributed by atoms with Crippen molar-refractivity contribution in [2.45, 2.75) is 25.4 Å². The zero-order chi connectivity index (χ0) is 23.3. The molecule has 1 fully saturated rings. The SMILES string of the molecule is C=CC(=O)Nc1ccc2c(c1)nc(N1CCCCC1)n2C.Nc1ncc(C(F)(F)F)cn1. The van der Waals surface area contributed by atoms with E-state index in [1.54, 1.807) is 0 Å². The highest BCUT2D eigenvalue weighted by Gasteiger charge is 2.31. The van der Waals surface area contributed by atoms with Gasteiger partial charge in [0.05, 0.1) is 16.6 Å². The molecule has 11 heteroatoms. The van der Waals surface area contributed by atoms with E-state index in [2.05, 4.69) is 31.3 Å². The lowest BCUT2D eigenvalue weighted by atomic mass is 10.1. The molecule has 1 aliphatic heterocycles. The first kappa shape index (κ1) is 23.0. The van der Waals surface area contributed by atoms with Gasteiger partial charge in [-0.1, -0.05) is 6.58 Å². The molecule has 32 heavy (non-hydrogen) atoms. The molecule has 170 valence electrons. The number of fused-ring (bicyclic) bond motifs is 1. The summed E-state index contributed by atoms with van der Waals surface area (Å²) in [5.41, 5.74) is 6.81. The van der Waals surface area contributed by atoms with Crippen LogP contribution in [-0.2, 0) is 18.0 Å². The number of alkyl halides is 3. The van der Waals surface area contributed by atoms with Crippen molar-refractivity contribution in [1.82, 2.24) is 19.5 Å². The molecule has 0 unspecified atom stereocenters. The van der Waals surface area contributed by atoms with Gasteiger partial charge in [0.2, 0.25) is 17.8 Å². The van der Waals surface area contributed by atoms with Crippen LogP contribution in [0.1, 0.15) is 24.8 Å². The van der Waals surface area contributed by atoms with E-state index < -0.39 is 11.7 Å². The van der Waals surface area contributed by atoms with E-state index >= 15 is 0 Å². The second-order valence-corrected chi connectivity index (χ2v) is 7.24. The van der Waals surface area contributed by atoms with Gasteiger partial charge < -0.3 is 20.5 Å². The van der Waals surface area contributed by atoms with Crippen LogP contribution in [0.15, 0.2) is 43.2 Å². The standard InChI is InChI=1S/C16H20N4O.C5H4F3N3/c1-3-15(21)17-12-7-8-14-13(11-12)18-16(19(14)2)20-9-5-4-6-10-20;6-5(7,8)3-1-10-4(9)11-2-3/h3,7-8,11H,1,4-6,9-10H2,2H3,(H,17,21);1-2H,(H2,9,10,11). The maximum absolute atomic E-state index is 11.8. The Morgan fingerprint density at radius 1 is 1.19 bits per heavy atom. The summed E-state index contributed by atoms with van der Waals surface area (Å²) < 4.78 is 37.5. The van der Waals surface area contributed by atoms with Crippen molar-refractivity contribution in [3.05, 3.63) is 48.8 Å². The monoisotopic (exact) mass is 447 g/mol. The first-order valence-corrected chi connectivity index (χ1v) is 9.98. The Morgan fingerprint density at radius 3 is 2.44 bits per heavy atom. The van der Waals surface area contributed by atoms with Crippen LogP contribution < -0.4 is 16.0 Å². The lowest BCUT2D eigenvalue weighted by molar-refractivity contribution is -0.138. The van der Waals surface area contributed by atoms with Crippen LogP contribution in [0, 0.1) is 0 Å². The molecular formula is C21H24F3N7O. The first-order valence-electron chi connectivity index (χ1n) is 9.98. The quantitative estimate of drug-likeness (QED) is 0.593. The fourth-order valence-corrected chi connectivity index (χ4v) is 3.32. The first-order chi connectivity index (χ1) is 15.2. The molecule has 1 saturated heterocycles. The minimum Gasteiger partial charge on any atom is -0.368 e. The number of anilines is 3. The van der Waals surface area contributed by atoms with E-state index in [9.17, 15) is 18.0 Å². The van der Waals surface area contributed by atoms with Crippen LogP contribution in [0.3, 0.4) is 0 Å². The summed E-state index contributed by atoms with van der Waals surface area (Å²) in [7, 11) is 2.04. The highest BCUT2D eigenvalue weighted by atomic mass is 19.4. The summed E-state index contributed by atoms with van der Waals surface area (Å²) in [5.74, 6) is 0.636. The molecule has 3 N–H and O–H groups in total. The van der Waals surface area contributed by atoms with E-state index in [-0.39, 0.29) is 11.9 Å². The summed E-state index contributed by atoms with van der Waals surface area (Å²) in [6, 6.07) is 5.80. The summed E-state index contributed by atoms with van der Waals surface area (Å²) in [6.45, 7) is 5.59. The van der Waals surface area contributed by atoms with Crippen molar-refractivity contribution >= 4 is 34.5 Å². The lowest BCUT2D eigenvalue weighted by Crippen LogP contribution is -2.31. The number of nitrogen functional groups attached to an aromatic ring is 1. The number of carbonyl (C=O) groups excluding carboxylic acids is 1. The van der Waals surface area contributed by atoms with E-state index in [4.69, 9.17) is 10.7 Å². The van der Waals surface area contributed by atoms with E-state index in [1.165, 1.54) is 25.3 Å². The number of nitrogens with zero attached hydrogens (tertiary/aromatic N) is 5. The van der Waals surface area contributed by atoms with Crippen LogP contribution in [-0.4, -0.2) is 38.5 Å². The molecule has 0 saturated carbocycles. The van der Waals surface area contributed by atoms with Crippen molar-refractivity contribution in [2.24, 2.45) is 7.05 Å². The highest BCUT2D eigenvalue weighted by Crippen LogP contribution is 2.28. The second kappa shape index (κ2) is 9.67.